The molecule has 1 N–H and O–H groups in total. The molecule has 1 aliphatic carbocycles. The number of thiophene rings is 1. The van der Waals surface area contributed by atoms with Gasteiger partial charge in [-0.1, -0.05) is 31.6 Å². The summed E-state index contributed by atoms with van der Waals surface area (Å²) in [5.41, 5.74) is 0.786. The molecule has 1 aromatic heterocycles. The van der Waals surface area contributed by atoms with Crippen LogP contribution in [0.5, 0.6) is 0 Å². The van der Waals surface area contributed by atoms with Crippen molar-refractivity contribution in [2.75, 3.05) is 13.7 Å². The number of aliphatic hydroxyl groups excluding tert-OH is 1. The number of hydrogen-bond donors (Lipinski definition) is 1. The normalized spacial score (nSPS) is 21.5. The Morgan fingerprint density at radius 2 is 2.24 bits per heavy atom. The van der Waals surface area contributed by atoms with Crippen molar-refractivity contribution in [2.24, 2.45) is 5.92 Å². The second-order valence-electron chi connectivity index (χ2n) is 5.68. The third-order valence-electron chi connectivity index (χ3n) is 4.20. The summed E-state index contributed by atoms with van der Waals surface area (Å²) in [6, 6.07) is 2.23. The number of nitrogens with zero attached hydrogens (tertiary/aromatic N) is 1. The van der Waals surface area contributed by atoms with Crippen LogP contribution in [0.4, 0.5) is 0 Å². The molecule has 0 radical (unpaired) electrons. The summed E-state index contributed by atoms with van der Waals surface area (Å²) in [6.07, 6.45) is 5.23. The molecule has 2 rings (SSSR count). The molecule has 1 amide bonds. The summed E-state index contributed by atoms with van der Waals surface area (Å²) < 4.78 is 0. The van der Waals surface area contributed by atoms with Crippen LogP contribution in [0.1, 0.15) is 54.3 Å². The van der Waals surface area contributed by atoms with Gasteiger partial charge in [0.05, 0.1) is 6.61 Å². The monoisotopic (exact) mass is 305 g/mol. The Morgan fingerprint density at radius 1 is 1.48 bits per heavy atom. The highest BCUT2D eigenvalue weighted by atomic mass is 32.1. The average Bonchev–Trinajstić information content (AvgIpc) is 2.95. The molecule has 0 spiro atoms. The molecule has 0 aromatic carbocycles. The smallest absolute Gasteiger partial charge is 0.265 e. The largest absolute Gasteiger partial charge is 0.395 e. The van der Waals surface area contributed by atoms with Crippen molar-refractivity contribution in [3.8, 4) is 11.8 Å². The predicted molar refractivity (Wildman–Crippen MR) is 86.4 cm³/mol. The molecular weight excluding hydrogens is 282 g/mol. The van der Waals surface area contributed by atoms with E-state index in [0.29, 0.717) is 18.4 Å². The van der Waals surface area contributed by atoms with Crippen molar-refractivity contribution < 1.29 is 9.90 Å². The lowest BCUT2D eigenvalue weighted by Crippen LogP contribution is -2.42. The molecule has 0 aliphatic heterocycles. The first-order valence-corrected chi connectivity index (χ1v) is 8.47. The van der Waals surface area contributed by atoms with Gasteiger partial charge >= 0.3 is 0 Å². The molecular formula is C17H23NO2S. The lowest BCUT2D eigenvalue weighted by Gasteiger charge is -2.36. The van der Waals surface area contributed by atoms with Gasteiger partial charge in [0, 0.05) is 25.1 Å². The van der Waals surface area contributed by atoms with Crippen LogP contribution in [-0.4, -0.2) is 35.6 Å². The SMILES string of the molecule is CC1CCCCC1N(C)C(=O)c1sccc1C#CCCO. The minimum absolute atomic E-state index is 0.0555. The van der Waals surface area contributed by atoms with Crippen molar-refractivity contribution in [3.63, 3.8) is 0 Å². The van der Waals surface area contributed by atoms with E-state index < -0.39 is 0 Å². The third-order valence-corrected chi connectivity index (χ3v) is 5.11. The maximum Gasteiger partial charge on any atom is 0.265 e. The fraction of sp³-hybridized carbons (Fsp3) is 0.588. The molecule has 4 heteroatoms. The zero-order valence-electron chi connectivity index (χ0n) is 12.8. The molecule has 1 fully saturated rings. The van der Waals surface area contributed by atoms with Crippen LogP contribution < -0.4 is 0 Å². The van der Waals surface area contributed by atoms with Gasteiger partial charge in [0.2, 0.25) is 0 Å². The number of rotatable bonds is 3. The van der Waals surface area contributed by atoms with Crippen molar-refractivity contribution in [1.82, 2.24) is 4.90 Å². The maximum absolute atomic E-state index is 12.7. The Bertz CT molecular complexity index is 540. The standard InChI is InChI=1S/C17H23NO2S/c1-13-7-3-4-9-15(13)18(2)17(20)16-14(10-12-21-16)8-5-6-11-19/h10,12-13,15,19H,3-4,6-7,9,11H2,1-2H3. The molecule has 3 nitrogen and oxygen atoms in total. The van der Waals surface area contributed by atoms with E-state index in [1.54, 1.807) is 0 Å². The van der Waals surface area contributed by atoms with Crippen molar-refractivity contribution in [1.29, 1.82) is 0 Å². The molecule has 0 bridgehead atoms. The molecule has 1 aromatic rings. The van der Waals surface area contributed by atoms with Gasteiger partial charge in [0.1, 0.15) is 4.88 Å². The molecule has 0 saturated heterocycles. The Balaban J connectivity index is 2.13. The van der Waals surface area contributed by atoms with Gasteiger partial charge in [0.25, 0.3) is 5.91 Å². The Morgan fingerprint density at radius 3 is 2.95 bits per heavy atom. The lowest BCUT2D eigenvalue weighted by molar-refractivity contribution is 0.0633. The first-order valence-electron chi connectivity index (χ1n) is 7.59. The van der Waals surface area contributed by atoms with Gasteiger partial charge in [0.15, 0.2) is 0 Å². The number of amides is 1. The van der Waals surface area contributed by atoms with Crippen LogP contribution in [0.25, 0.3) is 0 Å². The van der Waals surface area contributed by atoms with Crippen LogP contribution in [0.2, 0.25) is 0 Å². The van der Waals surface area contributed by atoms with E-state index in [4.69, 9.17) is 5.11 Å². The fourth-order valence-electron chi connectivity index (χ4n) is 2.97. The molecule has 2 atom stereocenters. The van der Waals surface area contributed by atoms with E-state index >= 15 is 0 Å². The highest BCUT2D eigenvalue weighted by molar-refractivity contribution is 7.12. The topological polar surface area (TPSA) is 40.5 Å². The van der Waals surface area contributed by atoms with Gasteiger partial charge in [-0.05, 0) is 30.2 Å². The van der Waals surface area contributed by atoms with E-state index in [2.05, 4.69) is 18.8 Å². The third kappa shape index (κ3) is 3.87. The summed E-state index contributed by atoms with van der Waals surface area (Å²) >= 11 is 1.45. The van der Waals surface area contributed by atoms with E-state index in [1.807, 2.05) is 23.4 Å². The summed E-state index contributed by atoms with van der Waals surface area (Å²) in [4.78, 5) is 15.4. The van der Waals surface area contributed by atoms with Crippen molar-refractivity contribution >= 4 is 17.2 Å². The minimum atomic E-state index is 0.0555. The van der Waals surface area contributed by atoms with Crippen LogP contribution in [-0.2, 0) is 0 Å². The average molecular weight is 305 g/mol. The summed E-state index contributed by atoms with van der Waals surface area (Å²) in [5.74, 6) is 6.54. The summed E-state index contributed by atoms with van der Waals surface area (Å²) in [6.45, 7) is 2.30. The first kappa shape index (κ1) is 16.1. The second kappa shape index (κ2) is 7.63. The number of hydrogen-bond acceptors (Lipinski definition) is 3. The van der Waals surface area contributed by atoms with E-state index in [0.717, 1.165) is 16.9 Å². The van der Waals surface area contributed by atoms with E-state index in [9.17, 15) is 4.79 Å². The molecule has 114 valence electrons. The number of carbonyl (C=O) groups is 1. The van der Waals surface area contributed by atoms with Crippen molar-refractivity contribution in [3.05, 3.63) is 21.9 Å². The first-order chi connectivity index (χ1) is 10.1. The highest BCUT2D eigenvalue weighted by Crippen LogP contribution is 2.29. The molecule has 1 heterocycles. The lowest BCUT2D eigenvalue weighted by atomic mass is 9.85. The van der Waals surface area contributed by atoms with Gasteiger partial charge in [-0.3, -0.25) is 4.79 Å². The zero-order chi connectivity index (χ0) is 15.2. The minimum Gasteiger partial charge on any atom is -0.395 e. The summed E-state index contributed by atoms with van der Waals surface area (Å²) in [5, 5.41) is 10.7. The predicted octanol–water partition coefficient (Wildman–Crippen LogP) is 3.13. The molecule has 1 aliphatic rings. The van der Waals surface area contributed by atoms with Crippen molar-refractivity contribution in [2.45, 2.75) is 45.1 Å². The number of aliphatic hydroxyl groups is 1. The van der Waals surface area contributed by atoms with Gasteiger partial charge < -0.3 is 10.0 Å². The Kier molecular flexibility index (Phi) is 5.84. The van der Waals surface area contributed by atoms with Crippen LogP contribution >= 0.6 is 11.3 Å². The Hall–Kier alpha value is -1.31. The highest BCUT2D eigenvalue weighted by Gasteiger charge is 2.29. The summed E-state index contributed by atoms with van der Waals surface area (Å²) in [7, 11) is 1.92. The van der Waals surface area contributed by atoms with Gasteiger partial charge in [-0.25, -0.2) is 0 Å². The van der Waals surface area contributed by atoms with Crippen LogP contribution in [0.15, 0.2) is 11.4 Å². The van der Waals surface area contributed by atoms with Gasteiger partial charge in [-0.2, -0.15) is 0 Å². The van der Waals surface area contributed by atoms with Crippen LogP contribution in [0.3, 0.4) is 0 Å². The fourth-order valence-corrected chi connectivity index (χ4v) is 3.80. The zero-order valence-corrected chi connectivity index (χ0v) is 13.6. The van der Waals surface area contributed by atoms with E-state index in [-0.39, 0.29) is 12.5 Å². The van der Waals surface area contributed by atoms with Gasteiger partial charge in [-0.15, -0.1) is 11.3 Å². The molecule has 2 unspecified atom stereocenters. The molecule has 1 saturated carbocycles. The maximum atomic E-state index is 12.7. The molecule has 21 heavy (non-hydrogen) atoms. The van der Waals surface area contributed by atoms with Crippen LogP contribution in [0, 0.1) is 17.8 Å². The van der Waals surface area contributed by atoms with E-state index in [1.165, 1.54) is 30.6 Å². The Labute approximate surface area is 131 Å². The quantitative estimate of drug-likeness (QED) is 0.872. The second-order valence-corrected chi connectivity index (χ2v) is 6.60. The number of carbonyl (C=O) groups excluding carboxylic acids is 1.